The highest BCUT2D eigenvalue weighted by Crippen LogP contribution is 2.38. The minimum atomic E-state index is -0.690. The van der Waals surface area contributed by atoms with Crippen molar-refractivity contribution in [3.63, 3.8) is 0 Å². The van der Waals surface area contributed by atoms with E-state index in [2.05, 4.69) is 0 Å². The van der Waals surface area contributed by atoms with Crippen molar-refractivity contribution in [3.8, 4) is 0 Å². The fourth-order valence-corrected chi connectivity index (χ4v) is 3.41. The van der Waals surface area contributed by atoms with Gasteiger partial charge in [-0.3, -0.25) is 9.59 Å². The highest BCUT2D eigenvalue weighted by Gasteiger charge is 2.44. The first-order valence-electron chi connectivity index (χ1n) is 9.40. The standard InChI is InChI=1S/C22H26N2O4/c1-15-9-12-18(28-15)20-19(17(25)11-10-16-7-5-4-6-8-16)21(26)22(27)24(20)14-13-23(2)3/h4-9,12,20,26H,10-11,13-14H2,1-3H3. The Balaban J connectivity index is 1.87. The van der Waals surface area contributed by atoms with Gasteiger partial charge in [-0.25, -0.2) is 0 Å². The highest BCUT2D eigenvalue weighted by molar-refractivity contribution is 6.08. The molecule has 0 bridgehead atoms. The molecule has 1 aliphatic rings. The molecule has 3 rings (SSSR count). The van der Waals surface area contributed by atoms with Crippen LogP contribution in [-0.4, -0.2) is 53.8 Å². The maximum atomic E-state index is 13.0. The van der Waals surface area contributed by atoms with Crippen molar-refractivity contribution in [2.75, 3.05) is 27.2 Å². The minimum Gasteiger partial charge on any atom is -0.503 e. The Morgan fingerprint density at radius 2 is 1.89 bits per heavy atom. The van der Waals surface area contributed by atoms with Gasteiger partial charge in [0.05, 0.1) is 5.57 Å². The molecule has 1 N–H and O–H groups in total. The number of carbonyl (C=O) groups excluding carboxylic acids is 2. The fourth-order valence-electron chi connectivity index (χ4n) is 3.41. The van der Waals surface area contributed by atoms with Crippen molar-refractivity contribution < 1.29 is 19.1 Å². The van der Waals surface area contributed by atoms with Gasteiger partial charge in [-0.2, -0.15) is 0 Å². The Morgan fingerprint density at radius 3 is 2.50 bits per heavy atom. The van der Waals surface area contributed by atoms with Crippen LogP contribution in [0.5, 0.6) is 0 Å². The molecule has 0 spiro atoms. The van der Waals surface area contributed by atoms with Crippen molar-refractivity contribution in [3.05, 3.63) is 70.9 Å². The van der Waals surface area contributed by atoms with Gasteiger partial charge in [-0.05, 0) is 45.1 Å². The molecule has 0 fully saturated rings. The van der Waals surface area contributed by atoms with Gasteiger partial charge in [0.25, 0.3) is 5.91 Å². The molecule has 28 heavy (non-hydrogen) atoms. The first-order valence-corrected chi connectivity index (χ1v) is 9.40. The number of benzene rings is 1. The quantitative estimate of drug-likeness (QED) is 0.760. The predicted octanol–water partition coefficient (Wildman–Crippen LogP) is 3.05. The maximum Gasteiger partial charge on any atom is 0.290 e. The summed E-state index contributed by atoms with van der Waals surface area (Å²) in [5.74, 6) is -0.0323. The number of ketones is 1. The number of nitrogens with zero attached hydrogens (tertiary/aromatic N) is 2. The van der Waals surface area contributed by atoms with Crippen LogP contribution in [0.15, 0.2) is 58.2 Å². The average Bonchev–Trinajstić information content (AvgIpc) is 3.20. The Hall–Kier alpha value is -2.86. The first-order chi connectivity index (χ1) is 13.4. The summed E-state index contributed by atoms with van der Waals surface area (Å²) >= 11 is 0. The topological polar surface area (TPSA) is 74.0 Å². The molecule has 2 heterocycles. The molecule has 1 unspecified atom stereocenters. The van der Waals surface area contributed by atoms with Crippen molar-refractivity contribution >= 4 is 11.7 Å². The van der Waals surface area contributed by atoms with E-state index in [-0.39, 0.29) is 17.8 Å². The lowest BCUT2D eigenvalue weighted by Gasteiger charge is -2.26. The van der Waals surface area contributed by atoms with Crippen molar-refractivity contribution in [1.82, 2.24) is 9.80 Å². The number of hydrogen-bond acceptors (Lipinski definition) is 5. The van der Waals surface area contributed by atoms with Gasteiger partial charge in [0.1, 0.15) is 17.6 Å². The Morgan fingerprint density at radius 1 is 1.18 bits per heavy atom. The SMILES string of the molecule is Cc1ccc(C2C(C(=O)CCc3ccccc3)=C(O)C(=O)N2CCN(C)C)o1. The molecule has 1 atom stereocenters. The Bertz CT molecular complexity index is 883. The lowest BCUT2D eigenvalue weighted by molar-refractivity contribution is -0.129. The molecule has 148 valence electrons. The van der Waals surface area contributed by atoms with Gasteiger partial charge in [-0.15, -0.1) is 0 Å². The molecule has 1 aromatic carbocycles. The molecule has 6 nitrogen and oxygen atoms in total. The summed E-state index contributed by atoms with van der Waals surface area (Å²) in [7, 11) is 3.82. The summed E-state index contributed by atoms with van der Waals surface area (Å²) in [5.41, 5.74) is 1.17. The zero-order valence-electron chi connectivity index (χ0n) is 16.5. The number of aryl methyl sites for hydroxylation is 2. The second-order valence-corrected chi connectivity index (χ2v) is 7.32. The van der Waals surface area contributed by atoms with Crippen LogP contribution in [0.3, 0.4) is 0 Å². The molecule has 1 aromatic heterocycles. The molecule has 0 aliphatic carbocycles. The van der Waals surface area contributed by atoms with Gasteiger partial charge in [0, 0.05) is 19.5 Å². The van der Waals surface area contributed by atoms with Crippen LogP contribution in [0.2, 0.25) is 0 Å². The molecular formula is C22H26N2O4. The van der Waals surface area contributed by atoms with Gasteiger partial charge < -0.3 is 19.3 Å². The van der Waals surface area contributed by atoms with Gasteiger partial charge >= 0.3 is 0 Å². The second kappa shape index (κ2) is 8.44. The maximum absolute atomic E-state index is 13.0. The summed E-state index contributed by atoms with van der Waals surface area (Å²) in [6.07, 6.45) is 0.765. The number of carbonyl (C=O) groups is 2. The van der Waals surface area contributed by atoms with E-state index < -0.39 is 17.7 Å². The van der Waals surface area contributed by atoms with Crippen LogP contribution in [0.4, 0.5) is 0 Å². The number of aliphatic hydroxyl groups is 1. The van der Waals surface area contributed by atoms with E-state index in [9.17, 15) is 14.7 Å². The number of amides is 1. The third kappa shape index (κ3) is 4.17. The Kier molecular flexibility index (Phi) is 5.99. The van der Waals surface area contributed by atoms with E-state index in [1.54, 1.807) is 12.1 Å². The van der Waals surface area contributed by atoms with Crippen molar-refractivity contribution in [2.24, 2.45) is 0 Å². The summed E-state index contributed by atoms with van der Waals surface area (Å²) in [6.45, 7) is 2.81. The number of rotatable bonds is 8. The van der Waals surface area contributed by atoms with Crippen LogP contribution in [0.1, 0.15) is 29.5 Å². The smallest absolute Gasteiger partial charge is 0.290 e. The van der Waals surface area contributed by atoms with Gasteiger partial charge in [0.15, 0.2) is 11.5 Å². The van der Waals surface area contributed by atoms with Crippen LogP contribution in [0, 0.1) is 6.92 Å². The van der Waals surface area contributed by atoms with E-state index in [1.165, 1.54) is 4.90 Å². The average molecular weight is 382 g/mol. The number of Topliss-reactive ketones (excluding diaryl/α,β-unsaturated/α-hetero) is 1. The lowest BCUT2D eigenvalue weighted by atomic mass is 9.96. The molecule has 0 saturated carbocycles. The summed E-state index contributed by atoms with van der Waals surface area (Å²) in [6, 6.07) is 12.6. The normalized spacial score (nSPS) is 17.1. The second-order valence-electron chi connectivity index (χ2n) is 7.32. The number of furan rings is 1. The van der Waals surface area contributed by atoms with Gasteiger partial charge in [-0.1, -0.05) is 30.3 Å². The molecule has 1 amide bonds. The molecule has 0 saturated heterocycles. The van der Waals surface area contributed by atoms with Crippen LogP contribution < -0.4 is 0 Å². The van der Waals surface area contributed by atoms with Gasteiger partial charge in [0.2, 0.25) is 0 Å². The first kappa shape index (κ1) is 19.9. The van der Waals surface area contributed by atoms with Crippen LogP contribution in [0.25, 0.3) is 0 Å². The van der Waals surface area contributed by atoms with Crippen molar-refractivity contribution in [1.29, 1.82) is 0 Å². The molecule has 0 radical (unpaired) electrons. The number of aliphatic hydroxyl groups excluding tert-OH is 1. The van der Waals surface area contributed by atoms with E-state index in [4.69, 9.17) is 4.42 Å². The largest absolute Gasteiger partial charge is 0.503 e. The van der Waals surface area contributed by atoms with E-state index in [0.717, 1.165) is 5.56 Å². The molecule has 1 aliphatic heterocycles. The molecular weight excluding hydrogens is 356 g/mol. The summed E-state index contributed by atoms with van der Waals surface area (Å²) in [5, 5.41) is 10.5. The van der Waals surface area contributed by atoms with E-state index >= 15 is 0 Å². The zero-order chi connectivity index (χ0) is 20.3. The summed E-state index contributed by atoms with van der Waals surface area (Å²) < 4.78 is 5.74. The monoisotopic (exact) mass is 382 g/mol. The number of likely N-dealkylation sites (N-methyl/N-ethyl adjacent to an activating group) is 1. The third-order valence-electron chi connectivity index (χ3n) is 4.91. The van der Waals surface area contributed by atoms with Crippen molar-refractivity contribution in [2.45, 2.75) is 25.8 Å². The predicted molar refractivity (Wildman–Crippen MR) is 106 cm³/mol. The van der Waals surface area contributed by atoms with Crippen LogP contribution >= 0.6 is 0 Å². The lowest BCUT2D eigenvalue weighted by Crippen LogP contribution is -2.36. The highest BCUT2D eigenvalue weighted by atomic mass is 16.3. The molecule has 6 heteroatoms. The van der Waals surface area contributed by atoms with Crippen LogP contribution in [-0.2, 0) is 16.0 Å². The van der Waals surface area contributed by atoms with E-state index in [1.807, 2.05) is 56.3 Å². The molecule has 2 aromatic rings. The number of hydrogen-bond donors (Lipinski definition) is 1. The third-order valence-corrected chi connectivity index (χ3v) is 4.91. The minimum absolute atomic E-state index is 0.133. The summed E-state index contributed by atoms with van der Waals surface area (Å²) in [4.78, 5) is 29.2. The van der Waals surface area contributed by atoms with E-state index in [0.29, 0.717) is 31.0 Å². The fraction of sp³-hybridized carbons (Fsp3) is 0.364. The Labute approximate surface area is 165 Å². The zero-order valence-corrected chi connectivity index (χ0v) is 16.5.